The van der Waals surface area contributed by atoms with Crippen LogP contribution in [0.4, 0.5) is 4.39 Å². The Labute approximate surface area is 542 Å². The molecule has 7 aromatic rings. The molecule has 25 heteroatoms. The van der Waals surface area contributed by atoms with E-state index in [0.717, 1.165) is 88.5 Å². The summed E-state index contributed by atoms with van der Waals surface area (Å²) in [6.07, 6.45) is 17.1. The summed E-state index contributed by atoms with van der Waals surface area (Å²) in [5.41, 5.74) is 14.1. The Kier molecular flexibility index (Phi) is 46.8. The Hall–Kier alpha value is -9.67. The van der Waals surface area contributed by atoms with Gasteiger partial charge in [-0.3, -0.25) is 15.8 Å². The zero-order valence-corrected chi connectivity index (χ0v) is 52.0. The Balaban J connectivity index is 0.00000111. The monoisotopic (exact) mass is 1290 g/mol. The number of aliphatic hydroxyl groups excluding tert-OH is 3. The highest BCUT2D eigenvalue weighted by Crippen LogP contribution is 2.17. The molecule has 0 aliphatic heterocycles. The number of pyridine rings is 4. The third-order valence-electron chi connectivity index (χ3n) is 11.2. The van der Waals surface area contributed by atoms with E-state index < -0.39 is 0 Å². The van der Waals surface area contributed by atoms with Crippen molar-refractivity contribution in [2.75, 3.05) is 52.9 Å². The van der Waals surface area contributed by atoms with E-state index in [1.807, 2.05) is 36.4 Å². The molecular formula is C65H75Cl3FN13O8. The van der Waals surface area contributed by atoms with Gasteiger partial charge in [0, 0.05) is 73.4 Å². The van der Waals surface area contributed by atoms with E-state index in [-0.39, 0.29) is 62.1 Å². The number of nitrogens with one attached hydrogen (secondary N) is 2. The van der Waals surface area contributed by atoms with Gasteiger partial charge in [-0.05, 0) is 180 Å². The molecule has 0 radical (unpaired) electrons. The van der Waals surface area contributed by atoms with Crippen molar-refractivity contribution in [1.82, 2.24) is 19.9 Å². The van der Waals surface area contributed by atoms with E-state index in [1.165, 1.54) is 36.5 Å². The number of aromatic nitrogens is 4. The predicted molar refractivity (Wildman–Crippen MR) is 345 cm³/mol. The van der Waals surface area contributed by atoms with E-state index >= 15 is 0 Å². The first-order valence-corrected chi connectivity index (χ1v) is 28.3. The standard InChI is InChI=1S/C18H23N5O2.C18H17N3O2.C11H14N2O2.C7H4FN.C6H3ClN2.C5H12O2.2ClH/c19-17(20)13-4-6-14(7-5-13)24-10-2-1-3-11-25-15-8-9-23-16(12-15)18(21)22;19-13-15-4-6-17(7-5-15)22-10-2-1-3-11-23-18-8-9-21-16(12-18)14-20;12-9-10-8-11(4-5-13-10)15-7-3-1-2-6-14;8-7-3-1-6(5-9)2-4-7;7-5-1-2-9-6(3-5)4-8;6-4-2-1-3-5-7;;/h4-9,12H,1-3,10-11H2,(H3,19,20)(H3,21,22);4-9,12H,1-3,10-11H2;4-5,8,14H,1-3,6-7H2;1-4H;1-3H;6-7H,1-5H2;2*1H. The number of nitrogens with two attached hydrogens (primary N) is 2. The van der Waals surface area contributed by atoms with Crippen molar-refractivity contribution in [2.24, 2.45) is 11.5 Å². The van der Waals surface area contributed by atoms with Crippen molar-refractivity contribution >= 4 is 48.1 Å². The van der Waals surface area contributed by atoms with Crippen LogP contribution in [-0.2, 0) is 0 Å². The largest absolute Gasteiger partial charge is 0.494 e. The molecule has 3 aromatic carbocycles. The molecule has 9 N–H and O–H groups in total. The summed E-state index contributed by atoms with van der Waals surface area (Å²) >= 11 is 5.53. The summed E-state index contributed by atoms with van der Waals surface area (Å²) in [6, 6.07) is 42.7. The minimum Gasteiger partial charge on any atom is -0.494 e. The summed E-state index contributed by atoms with van der Waals surface area (Å²) in [5.74, 6) is 3.23. The topological polar surface area (TPSA) is 377 Å². The Bertz CT molecular complexity index is 3300. The van der Waals surface area contributed by atoms with Gasteiger partial charge in [-0.1, -0.05) is 11.6 Å². The lowest BCUT2D eigenvalue weighted by atomic mass is 10.2. The fraction of sp³-hybridized carbons (Fsp3) is 0.308. The summed E-state index contributed by atoms with van der Waals surface area (Å²) in [6.45, 7) is 3.80. The van der Waals surface area contributed by atoms with Crippen molar-refractivity contribution in [3.63, 3.8) is 0 Å². The number of nitriles is 5. The number of hydrogen-bond donors (Lipinski definition) is 7. The molecule has 0 spiro atoms. The lowest BCUT2D eigenvalue weighted by Gasteiger charge is -2.08. The quantitative estimate of drug-likeness (QED) is 0.0136. The molecule has 0 atom stereocenters. The number of ether oxygens (including phenoxy) is 5. The Morgan fingerprint density at radius 1 is 0.411 bits per heavy atom. The van der Waals surface area contributed by atoms with Crippen molar-refractivity contribution < 1.29 is 43.4 Å². The molecule has 476 valence electrons. The van der Waals surface area contributed by atoms with Gasteiger partial charge in [0.25, 0.3) is 0 Å². The van der Waals surface area contributed by atoms with Crippen LogP contribution in [0.5, 0.6) is 28.7 Å². The molecular weight excluding hydrogens is 1220 g/mol. The van der Waals surface area contributed by atoms with E-state index in [4.69, 9.17) is 99.2 Å². The minimum atomic E-state index is -0.311. The third kappa shape index (κ3) is 39.2. The lowest BCUT2D eigenvalue weighted by molar-refractivity contribution is 0.257. The number of benzene rings is 3. The van der Waals surface area contributed by atoms with Crippen molar-refractivity contribution in [3.05, 3.63) is 196 Å². The highest BCUT2D eigenvalue weighted by Gasteiger charge is 2.04. The van der Waals surface area contributed by atoms with Crippen LogP contribution < -0.4 is 35.2 Å². The Morgan fingerprint density at radius 3 is 1.10 bits per heavy atom. The molecule has 0 aliphatic carbocycles. The number of halogens is 4. The summed E-state index contributed by atoms with van der Waals surface area (Å²) in [5, 5.41) is 82.8. The molecule has 4 aromatic heterocycles. The fourth-order valence-corrected chi connectivity index (χ4v) is 6.78. The second kappa shape index (κ2) is 52.5. The number of aliphatic hydroxyl groups is 3. The molecule has 0 saturated heterocycles. The SMILES string of the molecule is Cl.Cl.N#Cc1cc(Cl)ccn1.N#Cc1cc(OCCCCCO)ccn1.N#Cc1ccc(F)cc1.N#Cc1ccc(OCCCCCOc2ccnc(C#N)c2)cc1.N=C(N)c1ccc(OCCCCCOc2ccnc(C(=N)N)c2)cc1.OCCCCCO. The van der Waals surface area contributed by atoms with Gasteiger partial charge in [0.05, 0.1) is 56.3 Å². The number of nitrogen functional groups attached to an aromatic ring is 2. The number of nitrogens with zero attached hydrogens (tertiary/aromatic N) is 9. The maximum absolute atomic E-state index is 12.1. The molecule has 4 heterocycles. The van der Waals surface area contributed by atoms with Gasteiger partial charge in [0.2, 0.25) is 0 Å². The minimum absolute atomic E-state index is 0. The zero-order chi connectivity index (χ0) is 64.2. The van der Waals surface area contributed by atoms with E-state index in [1.54, 1.807) is 97.5 Å². The van der Waals surface area contributed by atoms with Gasteiger partial charge < -0.3 is 50.5 Å². The normalized spacial score (nSPS) is 9.33. The molecule has 0 bridgehead atoms. The van der Waals surface area contributed by atoms with Gasteiger partial charge in [-0.2, -0.15) is 26.3 Å². The molecule has 0 unspecified atom stereocenters. The average Bonchev–Trinajstić information content (AvgIpc) is 3.77. The third-order valence-corrected chi connectivity index (χ3v) is 11.4. The molecule has 0 amide bonds. The van der Waals surface area contributed by atoms with Crippen LogP contribution in [0.2, 0.25) is 5.02 Å². The maximum Gasteiger partial charge on any atom is 0.144 e. The first kappa shape index (κ1) is 80.3. The first-order valence-electron chi connectivity index (χ1n) is 27.9. The number of hydrogen-bond acceptors (Lipinski definition) is 19. The summed E-state index contributed by atoms with van der Waals surface area (Å²) < 4.78 is 40.0. The van der Waals surface area contributed by atoms with Crippen LogP contribution in [0.1, 0.15) is 117 Å². The van der Waals surface area contributed by atoms with Crippen LogP contribution in [-0.4, -0.2) is 99.8 Å². The van der Waals surface area contributed by atoms with Crippen molar-refractivity contribution in [1.29, 1.82) is 37.1 Å². The molecule has 21 nitrogen and oxygen atoms in total. The Morgan fingerprint density at radius 2 is 0.744 bits per heavy atom. The fourth-order valence-electron chi connectivity index (χ4n) is 6.62. The zero-order valence-electron chi connectivity index (χ0n) is 49.6. The molecule has 0 fully saturated rings. The van der Waals surface area contributed by atoms with E-state index in [0.29, 0.717) is 94.8 Å². The van der Waals surface area contributed by atoms with Crippen LogP contribution in [0.15, 0.2) is 146 Å². The summed E-state index contributed by atoms with van der Waals surface area (Å²) in [4.78, 5) is 15.4. The van der Waals surface area contributed by atoms with Crippen LogP contribution in [0.25, 0.3) is 0 Å². The van der Waals surface area contributed by atoms with Crippen molar-refractivity contribution in [3.8, 4) is 59.1 Å². The van der Waals surface area contributed by atoms with Gasteiger partial charge >= 0.3 is 0 Å². The van der Waals surface area contributed by atoms with E-state index in [2.05, 4.69) is 26.0 Å². The lowest BCUT2D eigenvalue weighted by Crippen LogP contribution is -2.13. The van der Waals surface area contributed by atoms with E-state index in [9.17, 15) is 4.39 Å². The molecule has 0 aliphatic rings. The van der Waals surface area contributed by atoms with Gasteiger partial charge in [-0.15, -0.1) is 24.8 Å². The second-order valence-corrected chi connectivity index (χ2v) is 18.5. The van der Waals surface area contributed by atoms with Gasteiger partial charge in [-0.25, -0.2) is 19.3 Å². The number of rotatable bonds is 28. The second-order valence-electron chi connectivity index (χ2n) is 18.1. The molecule has 0 saturated carbocycles. The first-order chi connectivity index (χ1) is 42.8. The average molecular weight is 1290 g/mol. The predicted octanol–water partition coefficient (Wildman–Crippen LogP) is 11.5. The maximum atomic E-state index is 12.1. The van der Waals surface area contributed by atoms with Crippen LogP contribution >= 0.6 is 36.4 Å². The van der Waals surface area contributed by atoms with Crippen LogP contribution in [0.3, 0.4) is 0 Å². The summed E-state index contributed by atoms with van der Waals surface area (Å²) in [7, 11) is 0. The number of amidine groups is 2. The van der Waals surface area contributed by atoms with Crippen LogP contribution in [0, 0.1) is 73.3 Å². The van der Waals surface area contributed by atoms with Crippen molar-refractivity contribution in [2.45, 2.75) is 77.0 Å². The molecule has 90 heavy (non-hydrogen) atoms. The molecule has 7 rings (SSSR count). The van der Waals surface area contributed by atoms with Gasteiger partial charge in [0.1, 0.15) is 87.2 Å². The smallest absolute Gasteiger partial charge is 0.144 e. The highest BCUT2D eigenvalue weighted by atomic mass is 35.5. The number of unbranched alkanes of at least 4 members (excludes halogenated alkanes) is 8. The van der Waals surface area contributed by atoms with Gasteiger partial charge in [0.15, 0.2) is 0 Å². The highest BCUT2D eigenvalue weighted by molar-refractivity contribution is 6.30.